The van der Waals surface area contributed by atoms with Crippen molar-refractivity contribution in [2.45, 2.75) is 65.5 Å². The van der Waals surface area contributed by atoms with Crippen LogP contribution in [-0.4, -0.2) is 67.4 Å². The molecule has 0 atom stereocenters. The number of hydrogen-bond acceptors (Lipinski definition) is 5. The summed E-state index contributed by atoms with van der Waals surface area (Å²) in [6, 6.07) is 8.49. The van der Waals surface area contributed by atoms with Gasteiger partial charge in [0.2, 0.25) is 0 Å². The Bertz CT molecular complexity index is 615. The number of hydrogen-bond donors (Lipinski definition) is 1. The average Bonchev–Trinajstić information content (AvgIpc) is 2.74. The number of ether oxygens (including phenoxy) is 2. The summed E-state index contributed by atoms with van der Waals surface area (Å²) in [6.07, 6.45) is 3.53. The molecule has 1 N–H and O–H groups in total. The molecule has 1 amide bonds. The van der Waals surface area contributed by atoms with E-state index in [1.54, 1.807) is 0 Å². The highest BCUT2D eigenvalue weighted by molar-refractivity contribution is 5.67. The van der Waals surface area contributed by atoms with Gasteiger partial charge in [0.05, 0.1) is 6.61 Å². The minimum atomic E-state index is -0.426. The molecule has 0 saturated carbocycles. The number of nitrogens with one attached hydrogen (secondary N) is 1. The topological polar surface area (TPSA) is 54.0 Å². The molecule has 1 aliphatic rings. The quantitative estimate of drug-likeness (QED) is 0.605. The number of rotatable bonds is 9. The van der Waals surface area contributed by atoms with E-state index in [4.69, 9.17) is 9.47 Å². The van der Waals surface area contributed by atoms with Crippen LogP contribution in [0, 0.1) is 0 Å². The zero-order chi connectivity index (χ0) is 21.8. The van der Waals surface area contributed by atoms with Gasteiger partial charge in [-0.15, -0.1) is 0 Å². The lowest BCUT2D eigenvalue weighted by molar-refractivity contribution is 0.0307. The highest BCUT2D eigenvalue weighted by Gasteiger charge is 2.23. The highest BCUT2D eigenvalue weighted by Crippen LogP contribution is 2.19. The molecule has 1 heterocycles. The fraction of sp³-hybridized carbons (Fsp3) is 0.708. The van der Waals surface area contributed by atoms with E-state index in [9.17, 15) is 4.79 Å². The smallest absolute Gasteiger partial charge is 0.407 e. The highest BCUT2D eigenvalue weighted by atomic mass is 16.6. The summed E-state index contributed by atoms with van der Waals surface area (Å²) in [7, 11) is 0. The van der Waals surface area contributed by atoms with Gasteiger partial charge in [-0.05, 0) is 76.9 Å². The summed E-state index contributed by atoms with van der Waals surface area (Å²) in [5, 5.41) is 2.86. The van der Waals surface area contributed by atoms with Crippen LogP contribution in [-0.2, 0) is 11.3 Å². The second kappa shape index (κ2) is 12.8. The van der Waals surface area contributed by atoms with Crippen LogP contribution >= 0.6 is 0 Å². The van der Waals surface area contributed by atoms with Crippen molar-refractivity contribution in [3.05, 3.63) is 29.8 Å². The second-order valence-electron chi connectivity index (χ2n) is 8.68. The van der Waals surface area contributed by atoms with E-state index in [0.717, 1.165) is 77.3 Å². The molecule has 0 unspecified atom stereocenters. The predicted molar refractivity (Wildman–Crippen MR) is 122 cm³/mol. The maximum Gasteiger partial charge on any atom is 0.407 e. The molecule has 1 aromatic rings. The van der Waals surface area contributed by atoms with E-state index in [1.165, 1.54) is 5.56 Å². The van der Waals surface area contributed by atoms with E-state index in [-0.39, 0.29) is 6.09 Å². The van der Waals surface area contributed by atoms with Crippen LogP contribution in [0.4, 0.5) is 4.79 Å². The van der Waals surface area contributed by atoms with Crippen molar-refractivity contribution in [2.24, 2.45) is 0 Å². The maximum absolute atomic E-state index is 11.8. The largest absolute Gasteiger partial charge is 0.494 e. The minimum Gasteiger partial charge on any atom is -0.494 e. The van der Waals surface area contributed by atoms with Crippen LogP contribution in [0.3, 0.4) is 0 Å². The Morgan fingerprint density at radius 2 is 1.83 bits per heavy atom. The third-order valence-electron chi connectivity index (χ3n) is 5.65. The lowest BCUT2D eigenvalue weighted by atomic mass is 10.0. The first-order valence-electron chi connectivity index (χ1n) is 11.5. The van der Waals surface area contributed by atoms with Crippen molar-refractivity contribution in [3.8, 4) is 5.75 Å². The average molecular weight is 420 g/mol. The van der Waals surface area contributed by atoms with Gasteiger partial charge >= 0.3 is 6.09 Å². The van der Waals surface area contributed by atoms with E-state index in [0.29, 0.717) is 6.54 Å². The summed E-state index contributed by atoms with van der Waals surface area (Å²) in [5.41, 5.74) is 0.865. The first-order chi connectivity index (χ1) is 14.4. The molecule has 1 saturated heterocycles. The molecule has 2 rings (SSSR count). The molecule has 0 aromatic heterocycles. The minimum absolute atomic E-state index is 0.305. The third kappa shape index (κ3) is 9.35. The number of benzene rings is 1. The SMILES string of the molecule is CCN(CC)CCCOc1ccc(CN2CCCNC(=O)OC(C)(C)CCC2)cc1. The van der Waals surface area contributed by atoms with Crippen molar-refractivity contribution in [1.29, 1.82) is 0 Å². The number of carbonyl (C=O) groups is 1. The summed E-state index contributed by atoms with van der Waals surface area (Å²) < 4.78 is 11.4. The molecule has 1 aromatic carbocycles. The Labute approximate surface area is 182 Å². The van der Waals surface area contributed by atoms with Gasteiger partial charge in [-0.1, -0.05) is 26.0 Å². The molecule has 6 nitrogen and oxygen atoms in total. The van der Waals surface area contributed by atoms with Gasteiger partial charge in [-0.3, -0.25) is 4.90 Å². The van der Waals surface area contributed by atoms with Gasteiger partial charge in [0.25, 0.3) is 0 Å². The van der Waals surface area contributed by atoms with Gasteiger partial charge in [0, 0.05) is 26.2 Å². The zero-order valence-corrected chi connectivity index (χ0v) is 19.4. The first-order valence-corrected chi connectivity index (χ1v) is 11.5. The van der Waals surface area contributed by atoms with Gasteiger partial charge in [0.1, 0.15) is 11.4 Å². The molecule has 170 valence electrons. The molecule has 0 radical (unpaired) electrons. The molecular weight excluding hydrogens is 378 g/mol. The summed E-state index contributed by atoms with van der Waals surface area (Å²) in [5.74, 6) is 0.942. The summed E-state index contributed by atoms with van der Waals surface area (Å²) >= 11 is 0. The standard InChI is InChI=1S/C24H41N3O3/c1-5-26(6-2)18-9-19-29-22-12-10-21(11-13-22)20-27-16-7-14-24(3,4)30-23(28)25-15-8-17-27/h10-13H,5-9,14-20H2,1-4H3,(H,25,28). The predicted octanol–water partition coefficient (Wildman–Crippen LogP) is 4.29. The van der Waals surface area contributed by atoms with Crippen LogP contribution < -0.4 is 10.1 Å². The van der Waals surface area contributed by atoms with E-state index >= 15 is 0 Å². The van der Waals surface area contributed by atoms with Crippen molar-refractivity contribution >= 4 is 6.09 Å². The third-order valence-corrected chi connectivity index (χ3v) is 5.65. The fourth-order valence-corrected chi connectivity index (χ4v) is 3.80. The summed E-state index contributed by atoms with van der Waals surface area (Å²) in [4.78, 5) is 16.7. The number of alkyl carbamates (subject to hydrolysis) is 1. The summed E-state index contributed by atoms with van der Waals surface area (Å²) in [6.45, 7) is 15.9. The first kappa shape index (κ1) is 24.5. The molecule has 0 bridgehead atoms. The Morgan fingerprint density at radius 1 is 1.13 bits per heavy atom. The lowest BCUT2D eigenvalue weighted by Gasteiger charge is -2.26. The van der Waals surface area contributed by atoms with Gasteiger partial charge in [0.15, 0.2) is 0 Å². The fourth-order valence-electron chi connectivity index (χ4n) is 3.80. The van der Waals surface area contributed by atoms with Crippen molar-refractivity contribution in [2.75, 3.05) is 45.9 Å². The van der Waals surface area contributed by atoms with E-state index in [2.05, 4.69) is 53.2 Å². The normalized spacial score (nSPS) is 18.4. The van der Waals surface area contributed by atoms with E-state index in [1.807, 2.05) is 13.8 Å². The van der Waals surface area contributed by atoms with Crippen LogP contribution in [0.15, 0.2) is 24.3 Å². The van der Waals surface area contributed by atoms with Crippen LogP contribution in [0.25, 0.3) is 0 Å². The van der Waals surface area contributed by atoms with Gasteiger partial charge in [-0.2, -0.15) is 0 Å². The maximum atomic E-state index is 11.8. The molecular formula is C24H41N3O3. The number of cyclic esters (lactones) is 1. The van der Waals surface area contributed by atoms with Crippen molar-refractivity contribution < 1.29 is 14.3 Å². The Morgan fingerprint density at radius 3 is 2.53 bits per heavy atom. The molecule has 0 spiro atoms. The molecule has 0 aliphatic carbocycles. The Kier molecular flexibility index (Phi) is 10.4. The van der Waals surface area contributed by atoms with Crippen LogP contribution in [0.1, 0.15) is 58.9 Å². The van der Waals surface area contributed by atoms with Crippen molar-refractivity contribution in [3.63, 3.8) is 0 Å². The van der Waals surface area contributed by atoms with Gasteiger partial charge < -0.3 is 19.7 Å². The monoisotopic (exact) mass is 419 g/mol. The molecule has 1 fully saturated rings. The Balaban J connectivity index is 1.80. The van der Waals surface area contributed by atoms with Crippen LogP contribution in [0.2, 0.25) is 0 Å². The number of nitrogens with zero attached hydrogens (tertiary/aromatic N) is 2. The van der Waals surface area contributed by atoms with Gasteiger partial charge in [-0.25, -0.2) is 4.79 Å². The Hall–Kier alpha value is -1.79. The van der Waals surface area contributed by atoms with Crippen LogP contribution in [0.5, 0.6) is 5.75 Å². The molecule has 30 heavy (non-hydrogen) atoms. The van der Waals surface area contributed by atoms with Crippen molar-refractivity contribution in [1.82, 2.24) is 15.1 Å². The molecule has 1 aliphatic heterocycles. The van der Waals surface area contributed by atoms with E-state index < -0.39 is 5.60 Å². The zero-order valence-electron chi connectivity index (χ0n) is 19.4. The lowest BCUT2D eigenvalue weighted by Crippen LogP contribution is -2.35. The molecule has 6 heteroatoms. The number of carbonyl (C=O) groups excluding carboxylic acids is 1. The number of amides is 1. The second-order valence-corrected chi connectivity index (χ2v) is 8.68.